The Bertz CT molecular complexity index is 673. The van der Waals surface area contributed by atoms with Gasteiger partial charge in [0.05, 0.1) is 0 Å². The normalized spacial score (nSPS) is 10.9. The third kappa shape index (κ3) is 1.62. The number of aromatic nitrogens is 3. The number of benzene rings is 1. The Morgan fingerprint density at radius 1 is 1.18 bits per heavy atom. The van der Waals surface area contributed by atoms with Crippen LogP contribution in [0.1, 0.15) is 0 Å². The third-order valence-corrected chi connectivity index (χ3v) is 2.80. The van der Waals surface area contributed by atoms with Crippen LogP contribution in [-0.2, 0) is 0 Å². The minimum atomic E-state index is 0.577. The van der Waals surface area contributed by atoms with E-state index in [4.69, 9.17) is 17.3 Å². The summed E-state index contributed by atoms with van der Waals surface area (Å²) in [6, 6.07) is 9.22. The summed E-state index contributed by atoms with van der Waals surface area (Å²) in [6.45, 7) is 0. The number of hydrogen-bond acceptors (Lipinski definition) is 3. The van der Waals surface area contributed by atoms with E-state index in [2.05, 4.69) is 10.1 Å². The van der Waals surface area contributed by atoms with Crippen LogP contribution in [0.5, 0.6) is 0 Å². The van der Waals surface area contributed by atoms with Crippen molar-refractivity contribution in [2.24, 2.45) is 0 Å². The van der Waals surface area contributed by atoms with Gasteiger partial charge in [0.15, 0.2) is 5.65 Å². The molecule has 0 amide bonds. The first-order valence-electron chi connectivity index (χ1n) is 5.10. The van der Waals surface area contributed by atoms with Crippen LogP contribution in [0.25, 0.3) is 16.9 Å². The lowest BCUT2D eigenvalue weighted by molar-refractivity contribution is 0.943. The summed E-state index contributed by atoms with van der Waals surface area (Å²) in [6.07, 6.45) is 3.51. The largest absolute Gasteiger partial charge is 0.394 e. The zero-order valence-corrected chi connectivity index (χ0v) is 9.59. The lowest BCUT2D eigenvalue weighted by Crippen LogP contribution is -1.89. The summed E-state index contributed by atoms with van der Waals surface area (Å²) in [5, 5.41) is 5.09. The van der Waals surface area contributed by atoms with Crippen LogP contribution in [0.3, 0.4) is 0 Å². The highest BCUT2D eigenvalue weighted by Crippen LogP contribution is 2.27. The van der Waals surface area contributed by atoms with Crippen molar-refractivity contribution in [1.82, 2.24) is 14.6 Å². The molecule has 17 heavy (non-hydrogen) atoms. The molecule has 0 saturated heterocycles. The van der Waals surface area contributed by atoms with Gasteiger partial charge < -0.3 is 5.73 Å². The van der Waals surface area contributed by atoms with Gasteiger partial charge in [0, 0.05) is 23.0 Å². The van der Waals surface area contributed by atoms with Gasteiger partial charge in [-0.3, -0.25) is 0 Å². The molecule has 3 rings (SSSR count). The maximum atomic E-state index is 6.03. The van der Waals surface area contributed by atoms with Gasteiger partial charge >= 0.3 is 0 Å². The molecule has 0 spiro atoms. The molecule has 3 aromatic rings. The van der Waals surface area contributed by atoms with Gasteiger partial charge in [-0.1, -0.05) is 23.7 Å². The Labute approximate surface area is 103 Å². The molecular formula is C12H9ClN4. The second-order valence-electron chi connectivity index (χ2n) is 3.66. The van der Waals surface area contributed by atoms with E-state index in [1.54, 1.807) is 10.7 Å². The molecule has 84 valence electrons. The lowest BCUT2D eigenvalue weighted by Gasteiger charge is -1.97. The number of fused-ring (bicyclic) bond motifs is 1. The van der Waals surface area contributed by atoms with Gasteiger partial charge in [0.25, 0.3) is 0 Å². The predicted octanol–water partition coefficient (Wildman–Crippen LogP) is 2.63. The molecule has 1 aromatic carbocycles. The molecule has 0 aliphatic rings. The molecular weight excluding hydrogens is 236 g/mol. The summed E-state index contributed by atoms with van der Waals surface area (Å²) in [7, 11) is 0. The van der Waals surface area contributed by atoms with Crippen LogP contribution in [0, 0.1) is 0 Å². The van der Waals surface area contributed by atoms with Gasteiger partial charge in [0.2, 0.25) is 0 Å². The van der Waals surface area contributed by atoms with Crippen LogP contribution < -0.4 is 5.73 Å². The van der Waals surface area contributed by atoms with Crippen LogP contribution in [0.2, 0.25) is 5.02 Å². The molecule has 0 atom stereocenters. The van der Waals surface area contributed by atoms with Crippen molar-refractivity contribution in [2.45, 2.75) is 0 Å². The Morgan fingerprint density at radius 2 is 1.94 bits per heavy atom. The Balaban J connectivity index is 2.24. The van der Waals surface area contributed by atoms with Crippen LogP contribution >= 0.6 is 11.6 Å². The van der Waals surface area contributed by atoms with Gasteiger partial charge in [-0.15, -0.1) is 0 Å². The van der Waals surface area contributed by atoms with Crippen LogP contribution in [0.4, 0.5) is 5.69 Å². The maximum absolute atomic E-state index is 6.03. The minimum absolute atomic E-state index is 0.577. The molecule has 0 unspecified atom stereocenters. The lowest BCUT2D eigenvalue weighted by atomic mass is 10.1. The van der Waals surface area contributed by atoms with Crippen molar-refractivity contribution in [2.75, 3.05) is 5.73 Å². The van der Waals surface area contributed by atoms with E-state index >= 15 is 0 Å². The molecule has 2 N–H and O–H groups in total. The zero-order valence-electron chi connectivity index (χ0n) is 8.84. The first kappa shape index (κ1) is 10.1. The van der Waals surface area contributed by atoms with E-state index in [-0.39, 0.29) is 0 Å². The zero-order chi connectivity index (χ0) is 11.8. The molecule has 0 fully saturated rings. The molecule has 0 bridgehead atoms. The summed E-state index contributed by atoms with van der Waals surface area (Å²) >= 11 is 5.85. The number of nitrogens with zero attached hydrogens (tertiary/aromatic N) is 3. The molecule has 0 aliphatic heterocycles. The molecule has 0 aliphatic carbocycles. The van der Waals surface area contributed by atoms with E-state index in [1.165, 1.54) is 0 Å². The van der Waals surface area contributed by atoms with Crippen molar-refractivity contribution in [3.05, 3.63) is 47.7 Å². The smallest absolute Gasteiger partial charge is 0.178 e. The molecule has 2 heterocycles. The number of halogens is 1. The fraction of sp³-hybridized carbons (Fsp3) is 0. The predicted molar refractivity (Wildman–Crippen MR) is 67.8 cm³/mol. The summed E-state index contributed by atoms with van der Waals surface area (Å²) in [5.74, 6) is 0. The van der Waals surface area contributed by atoms with Crippen molar-refractivity contribution in [3.63, 3.8) is 0 Å². The first-order valence-corrected chi connectivity index (χ1v) is 5.48. The number of nitrogen functional groups attached to an aromatic ring is 1. The Morgan fingerprint density at radius 3 is 2.65 bits per heavy atom. The topological polar surface area (TPSA) is 56.2 Å². The number of anilines is 1. The third-order valence-electron chi connectivity index (χ3n) is 2.55. The van der Waals surface area contributed by atoms with E-state index < -0.39 is 0 Å². The highest BCUT2D eigenvalue weighted by molar-refractivity contribution is 6.30. The quantitative estimate of drug-likeness (QED) is 0.716. The Kier molecular flexibility index (Phi) is 2.23. The molecule has 5 heteroatoms. The van der Waals surface area contributed by atoms with E-state index in [1.807, 2.05) is 36.5 Å². The highest BCUT2D eigenvalue weighted by atomic mass is 35.5. The number of rotatable bonds is 1. The van der Waals surface area contributed by atoms with E-state index in [0.717, 1.165) is 11.3 Å². The van der Waals surface area contributed by atoms with E-state index in [0.29, 0.717) is 16.4 Å². The SMILES string of the molecule is Nc1c(-c2ccc(Cl)cc2)nn2cccnc12. The van der Waals surface area contributed by atoms with Crippen molar-refractivity contribution < 1.29 is 0 Å². The van der Waals surface area contributed by atoms with Crippen molar-refractivity contribution in [3.8, 4) is 11.3 Å². The monoisotopic (exact) mass is 244 g/mol. The summed E-state index contributed by atoms with van der Waals surface area (Å²) in [4.78, 5) is 4.19. The second kappa shape index (κ2) is 3.75. The number of nitrogens with two attached hydrogens (primary N) is 1. The van der Waals surface area contributed by atoms with Crippen molar-refractivity contribution in [1.29, 1.82) is 0 Å². The van der Waals surface area contributed by atoms with Crippen LogP contribution in [-0.4, -0.2) is 14.6 Å². The maximum Gasteiger partial charge on any atom is 0.178 e. The fourth-order valence-corrected chi connectivity index (χ4v) is 1.85. The number of hydrogen-bond donors (Lipinski definition) is 1. The van der Waals surface area contributed by atoms with Crippen LogP contribution in [0.15, 0.2) is 42.7 Å². The fourth-order valence-electron chi connectivity index (χ4n) is 1.73. The molecule has 0 saturated carbocycles. The summed E-state index contributed by atoms with van der Waals surface area (Å²) < 4.78 is 1.67. The molecule has 0 radical (unpaired) electrons. The average molecular weight is 245 g/mol. The minimum Gasteiger partial charge on any atom is -0.394 e. The average Bonchev–Trinajstić information content (AvgIpc) is 2.69. The standard InChI is InChI=1S/C12H9ClN4/c13-9-4-2-8(3-5-9)11-10(14)12-15-6-1-7-17(12)16-11/h1-7H,14H2. The van der Waals surface area contributed by atoms with E-state index in [9.17, 15) is 0 Å². The van der Waals surface area contributed by atoms with Crippen molar-refractivity contribution >= 4 is 22.9 Å². The van der Waals surface area contributed by atoms with Gasteiger partial charge in [-0.2, -0.15) is 5.10 Å². The van der Waals surface area contributed by atoms with Gasteiger partial charge in [-0.25, -0.2) is 9.50 Å². The van der Waals surface area contributed by atoms with Gasteiger partial charge in [0.1, 0.15) is 11.4 Å². The second-order valence-corrected chi connectivity index (χ2v) is 4.09. The first-order chi connectivity index (χ1) is 8.25. The summed E-state index contributed by atoms with van der Waals surface area (Å²) in [5.41, 5.74) is 8.92. The molecule has 2 aromatic heterocycles. The molecule has 4 nitrogen and oxygen atoms in total. The Hall–Kier alpha value is -2.07. The van der Waals surface area contributed by atoms with Gasteiger partial charge in [-0.05, 0) is 18.2 Å². The highest BCUT2D eigenvalue weighted by Gasteiger charge is 2.11.